The van der Waals surface area contributed by atoms with E-state index in [0.29, 0.717) is 0 Å². The molecule has 2 rings (SSSR count). The fourth-order valence-corrected chi connectivity index (χ4v) is 1.37. The van der Waals surface area contributed by atoms with Gasteiger partial charge in [0.05, 0.1) is 6.54 Å². The second-order valence-corrected chi connectivity index (χ2v) is 3.19. The lowest BCUT2D eigenvalue weighted by molar-refractivity contribution is -0.114. The summed E-state index contributed by atoms with van der Waals surface area (Å²) in [4.78, 5) is 15.1. The number of rotatable bonds is 2. The number of benzene rings is 1. The number of hydrogen-bond donors (Lipinski definition) is 2. The first-order chi connectivity index (χ1) is 7.29. The Morgan fingerprint density at radius 2 is 2.12 bits per heavy atom. The maximum absolute atomic E-state index is 11.1. The second kappa shape index (κ2) is 5.44. The summed E-state index contributed by atoms with van der Waals surface area (Å²) >= 11 is 0. The first-order valence-corrected chi connectivity index (χ1v) is 4.63. The van der Waals surface area contributed by atoms with E-state index >= 15 is 0 Å². The van der Waals surface area contributed by atoms with Crippen molar-refractivity contribution in [2.75, 3.05) is 11.9 Å². The van der Waals surface area contributed by atoms with Crippen molar-refractivity contribution in [1.29, 1.82) is 0 Å². The first-order valence-electron chi connectivity index (χ1n) is 4.63. The van der Waals surface area contributed by atoms with Crippen LogP contribution in [0.4, 0.5) is 5.69 Å². The van der Waals surface area contributed by atoms with Gasteiger partial charge in [-0.05, 0) is 23.6 Å². The number of fused-ring (bicyclic) bond motifs is 1. The summed E-state index contributed by atoms with van der Waals surface area (Å²) in [5.74, 6) is -0.191. The Labute approximate surface area is 99.3 Å². The zero-order valence-corrected chi connectivity index (χ0v) is 9.33. The highest BCUT2D eigenvalue weighted by molar-refractivity contribution is 5.95. The molecule has 0 atom stereocenters. The fraction of sp³-hybridized carbons (Fsp3) is 0.0909. The molecule has 0 spiro atoms. The Kier molecular flexibility index (Phi) is 4.22. The third kappa shape index (κ3) is 2.68. The molecule has 0 unspecified atom stereocenters. The number of nitrogens with two attached hydrogens (primary N) is 1. The number of pyridine rings is 1. The van der Waals surface area contributed by atoms with Crippen molar-refractivity contribution < 1.29 is 4.79 Å². The second-order valence-electron chi connectivity index (χ2n) is 3.19. The monoisotopic (exact) mass is 237 g/mol. The lowest BCUT2D eigenvalue weighted by Crippen LogP contribution is -2.21. The van der Waals surface area contributed by atoms with Gasteiger partial charge in [0, 0.05) is 23.5 Å². The van der Waals surface area contributed by atoms with E-state index in [4.69, 9.17) is 5.73 Å². The summed E-state index contributed by atoms with van der Waals surface area (Å²) in [6, 6.07) is 7.53. The standard InChI is InChI=1S/C11H11N3O.ClH/c12-6-11(15)14-10-2-1-9-7-13-4-3-8(9)5-10;/h1-5,7H,6,12H2,(H,14,15);1H. The zero-order chi connectivity index (χ0) is 10.7. The third-order valence-electron chi connectivity index (χ3n) is 2.11. The SMILES string of the molecule is Cl.NCC(=O)Nc1ccc2cnccc2c1. The van der Waals surface area contributed by atoms with Gasteiger partial charge in [0.25, 0.3) is 0 Å². The summed E-state index contributed by atoms with van der Waals surface area (Å²) in [5.41, 5.74) is 5.96. The molecule has 0 aliphatic heterocycles. The number of nitrogens with zero attached hydrogens (tertiary/aromatic N) is 1. The molecule has 0 fully saturated rings. The van der Waals surface area contributed by atoms with Gasteiger partial charge < -0.3 is 11.1 Å². The molecule has 0 saturated carbocycles. The minimum absolute atomic E-state index is 0. The third-order valence-corrected chi connectivity index (χ3v) is 2.11. The van der Waals surface area contributed by atoms with Gasteiger partial charge in [-0.25, -0.2) is 0 Å². The molecule has 0 radical (unpaired) electrons. The number of carbonyl (C=O) groups excluding carboxylic acids is 1. The van der Waals surface area contributed by atoms with Crippen LogP contribution in [0.1, 0.15) is 0 Å². The molecule has 0 aliphatic carbocycles. The normalized spacial score (nSPS) is 9.56. The van der Waals surface area contributed by atoms with Gasteiger partial charge in [0.2, 0.25) is 5.91 Å². The quantitative estimate of drug-likeness (QED) is 0.833. The first kappa shape index (κ1) is 12.4. The average Bonchev–Trinajstić information content (AvgIpc) is 2.29. The summed E-state index contributed by atoms with van der Waals surface area (Å²) < 4.78 is 0. The average molecular weight is 238 g/mol. The van der Waals surface area contributed by atoms with Crippen LogP contribution in [0.15, 0.2) is 36.7 Å². The van der Waals surface area contributed by atoms with Crippen molar-refractivity contribution in [2.24, 2.45) is 5.73 Å². The maximum atomic E-state index is 11.1. The molecule has 3 N–H and O–H groups in total. The van der Waals surface area contributed by atoms with E-state index in [1.807, 2.05) is 24.3 Å². The number of aromatic nitrogens is 1. The van der Waals surface area contributed by atoms with E-state index in [0.717, 1.165) is 16.5 Å². The fourth-order valence-electron chi connectivity index (χ4n) is 1.37. The van der Waals surface area contributed by atoms with Crippen molar-refractivity contribution in [3.63, 3.8) is 0 Å². The highest BCUT2D eigenvalue weighted by Gasteiger charge is 1.99. The molecule has 1 heterocycles. The Bertz CT molecular complexity index is 501. The van der Waals surface area contributed by atoms with Gasteiger partial charge in [0.1, 0.15) is 0 Å². The van der Waals surface area contributed by atoms with E-state index < -0.39 is 0 Å². The largest absolute Gasteiger partial charge is 0.325 e. The number of hydrogen-bond acceptors (Lipinski definition) is 3. The Balaban J connectivity index is 0.00000128. The van der Waals surface area contributed by atoms with Gasteiger partial charge in [-0.2, -0.15) is 0 Å². The molecular formula is C11H12ClN3O. The predicted octanol–water partition coefficient (Wildman–Crippen LogP) is 1.55. The summed E-state index contributed by atoms with van der Waals surface area (Å²) in [5, 5.41) is 4.79. The van der Waals surface area contributed by atoms with E-state index in [2.05, 4.69) is 10.3 Å². The van der Waals surface area contributed by atoms with Crippen LogP contribution in [0.3, 0.4) is 0 Å². The number of anilines is 1. The highest BCUT2D eigenvalue weighted by Crippen LogP contribution is 2.17. The van der Waals surface area contributed by atoms with Crippen LogP contribution in [0, 0.1) is 0 Å². The van der Waals surface area contributed by atoms with Gasteiger partial charge in [-0.1, -0.05) is 6.07 Å². The smallest absolute Gasteiger partial charge is 0.238 e. The molecule has 2 aromatic rings. The van der Waals surface area contributed by atoms with Crippen LogP contribution >= 0.6 is 12.4 Å². The maximum Gasteiger partial charge on any atom is 0.238 e. The van der Waals surface area contributed by atoms with Crippen LogP contribution < -0.4 is 11.1 Å². The topological polar surface area (TPSA) is 68.0 Å². The molecule has 16 heavy (non-hydrogen) atoms. The van der Waals surface area contributed by atoms with Crippen LogP contribution in [0.25, 0.3) is 10.8 Å². The van der Waals surface area contributed by atoms with Gasteiger partial charge in [-0.15, -0.1) is 12.4 Å². The molecule has 0 aliphatic rings. The molecule has 0 bridgehead atoms. The van der Waals surface area contributed by atoms with Gasteiger partial charge in [0.15, 0.2) is 0 Å². The number of nitrogens with one attached hydrogen (secondary N) is 1. The molecule has 84 valence electrons. The summed E-state index contributed by atoms with van der Waals surface area (Å²) in [7, 11) is 0. The van der Waals surface area contributed by atoms with Crippen LogP contribution in [-0.4, -0.2) is 17.4 Å². The van der Waals surface area contributed by atoms with Crippen LogP contribution in [-0.2, 0) is 4.79 Å². The van der Waals surface area contributed by atoms with Crippen molar-refractivity contribution in [1.82, 2.24) is 4.98 Å². The van der Waals surface area contributed by atoms with Gasteiger partial charge >= 0.3 is 0 Å². The molecular weight excluding hydrogens is 226 g/mol. The molecule has 1 aromatic heterocycles. The minimum atomic E-state index is -0.191. The Morgan fingerprint density at radius 1 is 1.31 bits per heavy atom. The van der Waals surface area contributed by atoms with Crippen molar-refractivity contribution >= 4 is 34.8 Å². The lowest BCUT2D eigenvalue weighted by Gasteiger charge is -2.04. The van der Waals surface area contributed by atoms with Crippen LogP contribution in [0.2, 0.25) is 0 Å². The molecule has 4 nitrogen and oxygen atoms in total. The summed E-state index contributed by atoms with van der Waals surface area (Å²) in [6.07, 6.45) is 3.50. The zero-order valence-electron chi connectivity index (χ0n) is 8.51. The summed E-state index contributed by atoms with van der Waals surface area (Å²) in [6.45, 7) is -0.00557. The van der Waals surface area contributed by atoms with Gasteiger partial charge in [-0.3, -0.25) is 9.78 Å². The van der Waals surface area contributed by atoms with Crippen LogP contribution in [0.5, 0.6) is 0 Å². The highest BCUT2D eigenvalue weighted by atomic mass is 35.5. The van der Waals surface area contributed by atoms with E-state index in [-0.39, 0.29) is 24.9 Å². The van der Waals surface area contributed by atoms with Crippen molar-refractivity contribution in [2.45, 2.75) is 0 Å². The predicted molar refractivity (Wildman–Crippen MR) is 66.7 cm³/mol. The molecule has 5 heteroatoms. The van der Waals surface area contributed by atoms with E-state index in [1.165, 1.54) is 0 Å². The Morgan fingerprint density at radius 3 is 2.88 bits per heavy atom. The molecule has 1 aromatic carbocycles. The minimum Gasteiger partial charge on any atom is -0.325 e. The van der Waals surface area contributed by atoms with Crippen molar-refractivity contribution in [3.05, 3.63) is 36.7 Å². The molecule has 1 amide bonds. The van der Waals surface area contributed by atoms with Crippen molar-refractivity contribution in [3.8, 4) is 0 Å². The van der Waals surface area contributed by atoms with E-state index in [9.17, 15) is 4.79 Å². The lowest BCUT2D eigenvalue weighted by atomic mass is 10.1. The number of halogens is 1. The van der Waals surface area contributed by atoms with E-state index in [1.54, 1.807) is 12.4 Å². The molecule has 0 saturated heterocycles. The Hall–Kier alpha value is -1.65. The number of carbonyl (C=O) groups is 1. The number of amides is 1.